The molecule has 1 aromatic heterocycles. The summed E-state index contributed by atoms with van der Waals surface area (Å²) >= 11 is 0. The molecule has 0 radical (unpaired) electrons. The lowest BCUT2D eigenvalue weighted by Gasteiger charge is -2.12. The summed E-state index contributed by atoms with van der Waals surface area (Å²) < 4.78 is 1.87. The summed E-state index contributed by atoms with van der Waals surface area (Å²) in [6.45, 7) is 4.43. The van der Waals surface area contributed by atoms with Crippen molar-refractivity contribution >= 4 is 0 Å². The van der Waals surface area contributed by atoms with E-state index in [1.165, 1.54) is 5.69 Å². The van der Waals surface area contributed by atoms with Gasteiger partial charge < -0.3 is 5.32 Å². The lowest BCUT2D eigenvalue weighted by atomic mass is 9.95. The Balaban J connectivity index is 2.24. The fourth-order valence-electron chi connectivity index (χ4n) is 1.84. The Morgan fingerprint density at radius 1 is 1.58 bits per heavy atom. The molecule has 1 aromatic rings. The van der Waals surface area contributed by atoms with Gasteiger partial charge in [-0.15, -0.1) is 5.10 Å². The van der Waals surface area contributed by atoms with Gasteiger partial charge in [-0.2, -0.15) is 0 Å². The van der Waals surface area contributed by atoms with Crippen LogP contribution in [-0.2, 0) is 7.05 Å². The second-order valence-corrected chi connectivity index (χ2v) is 3.52. The van der Waals surface area contributed by atoms with Gasteiger partial charge in [0.15, 0.2) is 0 Å². The van der Waals surface area contributed by atoms with Crippen molar-refractivity contribution in [2.45, 2.75) is 12.8 Å². The van der Waals surface area contributed by atoms with E-state index in [4.69, 9.17) is 0 Å². The summed E-state index contributed by atoms with van der Waals surface area (Å²) in [7, 11) is 1.95. The molecule has 2 atom stereocenters. The average molecular weight is 166 g/mol. The van der Waals surface area contributed by atoms with Crippen LogP contribution in [0.15, 0.2) is 6.20 Å². The maximum atomic E-state index is 3.93. The Bertz CT molecular complexity index is 268. The van der Waals surface area contributed by atoms with Gasteiger partial charge in [0, 0.05) is 19.5 Å². The summed E-state index contributed by atoms with van der Waals surface area (Å²) in [6, 6.07) is 0. The Morgan fingerprint density at radius 2 is 2.42 bits per heavy atom. The first kappa shape index (κ1) is 7.73. The van der Waals surface area contributed by atoms with E-state index in [1.54, 1.807) is 0 Å². The molecule has 1 N–H and O–H groups in total. The third kappa shape index (κ3) is 1.12. The van der Waals surface area contributed by atoms with Crippen molar-refractivity contribution in [3.8, 4) is 0 Å². The van der Waals surface area contributed by atoms with Gasteiger partial charge in [0.25, 0.3) is 0 Å². The molecule has 1 aliphatic heterocycles. The number of nitrogens with one attached hydrogen (secondary N) is 1. The summed E-state index contributed by atoms with van der Waals surface area (Å²) in [5.41, 5.74) is 1.24. The first-order valence-corrected chi connectivity index (χ1v) is 4.34. The summed E-state index contributed by atoms with van der Waals surface area (Å²) in [4.78, 5) is 0. The fourth-order valence-corrected chi connectivity index (χ4v) is 1.84. The first-order chi connectivity index (χ1) is 5.79. The molecule has 0 bridgehead atoms. The summed E-state index contributed by atoms with van der Waals surface area (Å²) in [5.74, 6) is 1.28. The number of hydrogen-bond acceptors (Lipinski definition) is 3. The number of aromatic nitrogens is 3. The lowest BCUT2D eigenvalue weighted by molar-refractivity contribution is 0.528. The van der Waals surface area contributed by atoms with Crippen LogP contribution in [0.4, 0.5) is 0 Å². The minimum atomic E-state index is 0.588. The molecule has 0 aromatic carbocycles. The van der Waals surface area contributed by atoms with Crippen LogP contribution in [0.2, 0.25) is 0 Å². The van der Waals surface area contributed by atoms with Gasteiger partial charge in [0.2, 0.25) is 0 Å². The molecule has 4 heteroatoms. The third-order valence-corrected chi connectivity index (χ3v) is 2.65. The second kappa shape index (κ2) is 2.86. The number of rotatable bonds is 1. The largest absolute Gasteiger partial charge is 0.316 e. The van der Waals surface area contributed by atoms with Gasteiger partial charge >= 0.3 is 0 Å². The predicted molar refractivity (Wildman–Crippen MR) is 45.8 cm³/mol. The van der Waals surface area contributed by atoms with Crippen molar-refractivity contribution in [1.82, 2.24) is 20.3 Å². The smallest absolute Gasteiger partial charge is 0.0728 e. The highest BCUT2D eigenvalue weighted by molar-refractivity contribution is 5.08. The third-order valence-electron chi connectivity index (χ3n) is 2.65. The van der Waals surface area contributed by atoms with Crippen LogP contribution in [-0.4, -0.2) is 28.1 Å². The molecule has 2 heterocycles. The number of hydrogen-bond donors (Lipinski definition) is 1. The van der Waals surface area contributed by atoms with E-state index in [-0.39, 0.29) is 0 Å². The van der Waals surface area contributed by atoms with Crippen LogP contribution in [0.3, 0.4) is 0 Å². The normalized spacial score (nSPS) is 29.5. The minimum Gasteiger partial charge on any atom is -0.316 e. The van der Waals surface area contributed by atoms with E-state index < -0.39 is 0 Å². The van der Waals surface area contributed by atoms with Crippen LogP contribution >= 0.6 is 0 Å². The number of nitrogens with zero attached hydrogens (tertiary/aromatic N) is 3. The van der Waals surface area contributed by atoms with E-state index in [2.05, 4.69) is 22.6 Å². The molecule has 0 spiro atoms. The zero-order valence-corrected chi connectivity index (χ0v) is 7.49. The van der Waals surface area contributed by atoms with Gasteiger partial charge in [-0.05, 0) is 12.5 Å². The second-order valence-electron chi connectivity index (χ2n) is 3.52. The maximum absolute atomic E-state index is 3.93. The fraction of sp³-hybridized carbons (Fsp3) is 0.750. The zero-order chi connectivity index (χ0) is 8.55. The Morgan fingerprint density at radius 3 is 2.92 bits per heavy atom. The van der Waals surface area contributed by atoms with Gasteiger partial charge in [0.1, 0.15) is 0 Å². The molecule has 12 heavy (non-hydrogen) atoms. The zero-order valence-electron chi connectivity index (χ0n) is 7.49. The highest BCUT2D eigenvalue weighted by Gasteiger charge is 2.26. The molecule has 2 unspecified atom stereocenters. The van der Waals surface area contributed by atoms with Crippen molar-refractivity contribution in [1.29, 1.82) is 0 Å². The van der Waals surface area contributed by atoms with E-state index >= 15 is 0 Å². The lowest BCUT2D eigenvalue weighted by Crippen LogP contribution is -2.12. The number of aryl methyl sites for hydroxylation is 1. The predicted octanol–water partition coefficient (Wildman–Crippen LogP) is 0.138. The van der Waals surface area contributed by atoms with Gasteiger partial charge in [0.05, 0.1) is 11.9 Å². The quantitative estimate of drug-likeness (QED) is 0.645. The molecule has 1 saturated heterocycles. The van der Waals surface area contributed by atoms with Gasteiger partial charge in [-0.1, -0.05) is 12.1 Å². The molecule has 0 amide bonds. The standard InChI is InChI=1S/C8H14N4/c1-6-3-9-4-7(6)8-5-10-11-12(8)2/h5-7,9H,3-4H2,1-2H3. The topological polar surface area (TPSA) is 42.7 Å². The van der Waals surface area contributed by atoms with Crippen LogP contribution in [0.25, 0.3) is 0 Å². The molecular formula is C8H14N4. The molecule has 0 saturated carbocycles. The van der Waals surface area contributed by atoms with Crippen LogP contribution in [0.1, 0.15) is 18.5 Å². The maximum Gasteiger partial charge on any atom is 0.0728 e. The Labute approximate surface area is 72.0 Å². The SMILES string of the molecule is CC1CNCC1c1cnnn1C. The molecular weight excluding hydrogens is 152 g/mol. The molecule has 4 nitrogen and oxygen atoms in total. The van der Waals surface area contributed by atoms with Crippen molar-refractivity contribution in [2.24, 2.45) is 13.0 Å². The van der Waals surface area contributed by atoms with Gasteiger partial charge in [-0.25, -0.2) is 0 Å². The van der Waals surface area contributed by atoms with E-state index in [0.717, 1.165) is 13.1 Å². The van der Waals surface area contributed by atoms with Gasteiger partial charge in [-0.3, -0.25) is 4.68 Å². The summed E-state index contributed by atoms with van der Waals surface area (Å²) in [6.07, 6.45) is 1.87. The molecule has 1 aliphatic rings. The van der Waals surface area contributed by atoms with E-state index in [0.29, 0.717) is 11.8 Å². The minimum absolute atomic E-state index is 0.588. The van der Waals surface area contributed by atoms with Crippen LogP contribution in [0, 0.1) is 5.92 Å². The highest BCUT2D eigenvalue weighted by Crippen LogP contribution is 2.25. The van der Waals surface area contributed by atoms with Crippen LogP contribution < -0.4 is 5.32 Å². The molecule has 0 aliphatic carbocycles. The Kier molecular flexibility index (Phi) is 1.84. The summed E-state index contributed by atoms with van der Waals surface area (Å²) in [5, 5.41) is 11.2. The van der Waals surface area contributed by atoms with Crippen molar-refractivity contribution in [2.75, 3.05) is 13.1 Å². The van der Waals surface area contributed by atoms with E-state index in [1.807, 2.05) is 17.9 Å². The van der Waals surface area contributed by atoms with Crippen molar-refractivity contribution < 1.29 is 0 Å². The highest BCUT2D eigenvalue weighted by atomic mass is 15.4. The molecule has 1 fully saturated rings. The van der Waals surface area contributed by atoms with Crippen LogP contribution in [0.5, 0.6) is 0 Å². The van der Waals surface area contributed by atoms with Crippen molar-refractivity contribution in [3.63, 3.8) is 0 Å². The van der Waals surface area contributed by atoms with E-state index in [9.17, 15) is 0 Å². The monoisotopic (exact) mass is 166 g/mol. The molecule has 2 rings (SSSR count). The first-order valence-electron chi connectivity index (χ1n) is 4.34. The Hall–Kier alpha value is -0.900. The molecule has 66 valence electrons. The average Bonchev–Trinajstić information content (AvgIpc) is 2.59. The van der Waals surface area contributed by atoms with Crippen molar-refractivity contribution in [3.05, 3.63) is 11.9 Å².